The molecule has 0 spiro atoms. The van der Waals surface area contributed by atoms with Crippen molar-refractivity contribution in [3.8, 4) is 0 Å². The minimum absolute atomic E-state index is 0.356. The van der Waals surface area contributed by atoms with E-state index in [1.807, 2.05) is 18.2 Å². The number of rotatable bonds is 0. The molecule has 0 saturated heterocycles. The van der Waals surface area contributed by atoms with Crippen LogP contribution in [0, 0.1) is 0 Å². The predicted octanol–water partition coefficient (Wildman–Crippen LogP) is 3.47. The average Bonchev–Trinajstić information content (AvgIpc) is 2.26. The van der Waals surface area contributed by atoms with Crippen LogP contribution in [0.25, 0.3) is 0 Å². The van der Waals surface area contributed by atoms with Gasteiger partial charge in [-0.05, 0) is 24.3 Å². The molecule has 14 heavy (non-hydrogen) atoms. The lowest BCUT2D eigenvalue weighted by atomic mass is 10.5. The summed E-state index contributed by atoms with van der Waals surface area (Å²) in [6.45, 7) is 0. The number of halogens is 2. The summed E-state index contributed by atoms with van der Waals surface area (Å²) in [6, 6.07) is 9.14. The molecule has 2 aromatic heterocycles. The quantitative estimate of drug-likeness (QED) is 0.644. The molecule has 0 amide bonds. The number of hydrogen-bond acceptors (Lipinski definition) is 2. The highest BCUT2D eigenvalue weighted by atomic mass is 35.5. The van der Waals surface area contributed by atoms with Crippen molar-refractivity contribution in [2.45, 2.75) is 0 Å². The van der Waals surface area contributed by atoms with Crippen LogP contribution in [-0.4, -0.2) is 9.97 Å². The van der Waals surface area contributed by atoms with E-state index in [0.29, 0.717) is 10.2 Å². The van der Waals surface area contributed by atoms with Crippen molar-refractivity contribution in [2.75, 3.05) is 0 Å². The van der Waals surface area contributed by atoms with E-state index in [-0.39, 0.29) is 0 Å². The molecule has 0 aliphatic rings. The van der Waals surface area contributed by atoms with Crippen molar-refractivity contribution in [2.24, 2.45) is 0 Å². The monoisotopic (exact) mass is 226 g/mol. The van der Waals surface area contributed by atoms with Crippen LogP contribution in [0.5, 0.6) is 0 Å². The van der Waals surface area contributed by atoms with Gasteiger partial charge in [0.2, 0.25) is 0 Å². The van der Waals surface area contributed by atoms with Crippen molar-refractivity contribution in [3.05, 3.63) is 59.1 Å². The summed E-state index contributed by atoms with van der Waals surface area (Å²) in [6.07, 6.45) is 5.09. The maximum Gasteiger partial charge on any atom is 0.147 e. The molecule has 2 aromatic rings. The van der Waals surface area contributed by atoms with Gasteiger partial charge in [-0.3, -0.25) is 4.98 Å². The fourth-order valence-corrected chi connectivity index (χ4v) is 0.920. The number of aromatic nitrogens is 2. The van der Waals surface area contributed by atoms with E-state index in [2.05, 4.69) is 9.97 Å². The van der Waals surface area contributed by atoms with Gasteiger partial charge in [-0.2, -0.15) is 0 Å². The van der Waals surface area contributed by atoms with Crippen LogP contribution in [0.1, 0.15) is 0 Å². The minimum atomic E-state index is 0.356. The molecule has 0 atom stereocenters. The molecule has 0 saturated carbocycles. The van der Waals surface area contributed by atoms with Gasteiger partial charge in [0.15, 0.2) is 0 Å². The van der Waals surface area contributed by atoms with Gasteiger partial charge in [0.05, 0.1) is 5.02 Å². The lowest BCUT2D eigenvalue weighted by Gasteiger charge is -1.87. The normalized spacial score (nSPS) is 8.71. The van der Waals surface area contributed by atoms with E-state index < -0.39 is 0 Å². The van der Waals surface area contributed by atoms with Crippen LogP contribution in [0.2, 0.25) is 10.2 Å². The van der Waals surface area contributed by atoms with Gasteiger partial charge >= 0.3 is 0 Å². The van der Waals surface area contributed by atoms with Gasteiger partial charge in [0.25, 0.3) is 0 Å². The van der Waals surface area contributed by atoms with E-state index in [0.717, 1.165) is 0 Å². The van der Waals surface area contributed by atoms with Crippen molar-refractivity contribution in [1.29, 1.82) is 0 Å². The Morgan fingerprint density at radius 3 is 1.86 bits per heavy atom. The lowest BCUT2D eigenvalue weighted by Crippen LogP contribution is -1.70. The Bertz CT molecular complexity index is 318. The molecular formula is C10H8Cl2N2. The van der Waals surface area contributed by atoms with Gasteiger partial charge in [-0.1, -0.05) is 29.3 Å². The molecule has 0 aliphatic heterocycles. The Morgan fingerprint density at radius 2 is 1.57 bits per heavy atom. The Labute approximate surface area is 92.5 Å². The molecule has 0 bridgehead atoms. The van der Waals surface area contributed by atoms with Crippen molar-refractivity contribution in [3.63, 3.8) is 0 Å². The van der Waals surface area contributed by atoms with Gasteiger partial charge in [-0.15, -0.1) is 0 Å². The summed E-state index contributed by atoms with van der Waals surface area (Å²) < 4.78 is 0. The molecule has 2 heterocycles. The topological polar surface area (TPSA) is 25.8 Å². The second-order valence-electron chi connectivity index (χ2n) is 2.30. The lowest BCUT2D eigenvalue weighted by molar-refractivity contribution is 1.33. The summed E-state index contributed by atoms with van der Waals surface area (Å²) in [4.78, 5) is 7.50. The van der Waals surface area contributed by atoms with Crippen LogP contribution in [0.4, 0.5) is 0 Å². The van der Waals surface area contributed by atoms with Gasteiger partial charge < -0.3 is 0 Å². The Kier molecular flexibility index (Phi) is 4.97. The van der Waals surface area contributed by atoms with Crippen LogP contribution in [-0.2, 0) is 0 Å². The highest BCUT2D eigenvalue weighted by Crippen LogP contribution is 2.16. The molecule has 0 radical (unpaired) electrons. The summed E-state index contributed by atoms with van der Waals surface area (Å²) >= 11 is 11.0. The minimum Gasteiger partial charge on any atom is -0.265 e. The zero-order valence-corrected chi connectivity index (χ0v) is 8.78. The van der Waals surface area contributed by atoms with Gasteiger partial charge in [0, 0.05) is 18.6 Å². The fraction of sp³-hybridized carbons (Fsp3) is 0. The van der Waals surface area contributed by atoms with E-state index in [4.69, 9.17) is 23.2 Å². The van der Waals surface area contributed by atoms with E-state index >= 15 is 0 Å². The third kappa shape index (κ3) is 4.21. The third-order valence-electron chi connectivity index (χ3n) is 1.28. The van der Waals surface area contributed by atoms with Gasteiger partial charge in [-0.25, -0.2) is 4.98 Å². The smallest absolute Gasteiger partial charge is 0.147 e. The number of nitrogens with zero attached hydrogens (tertiary/aromatic N) is 2. The highest BCUT2D eigenvalue weighted by Gasteiger charge is 1.91. The standard InChI is InChI=1S/C5H3Cl2N.C5H5N/c6-4-2-1-3-8-5(4)7;1-2-4-6-5-3-1/h1-3H;1-5H. The first kappa shape index (κ1) is 11.0. The zero-order chi connectivity index (χ0) is 10.2. The Balaban J connectivity index is 0.000000146. The second-order valence-corrected chi connectivity index (χ2v) is 3.07. The Hall–Kier alpha value is -1.12. The largest absolute Gasteiger partial charge is 0.265 e. The van der Waals surface area contributed by atoms with Crippen molar-refractivity contribution in [1.82, 2.24) is 9.97 Å². The average molecular weight is 227 g/mol. The summed E-state index contributed by atoms with van der Waals surface area (Å²) in [5.74, 6) is 0. The second kappa shape index (κ2) is 6.35. The molecule has 0 fully saturated rings. The van der Waals surface area contributed by atoms with Gasteiger partial charge in [0.1, 0.15) is 5.15 Å². The van der Waals surface area contributed by atoms with E-state index in [1.165, 1.54) is 0 Å². The molecular weight excluding hydrogens is 219 g/mol. The SMILES string of the molecule is Clc1cccnc1Cl.c1ccncc1. The van der Waals surface area contributed by atoms with E-state index in [1.54, 1.807) is 30.7 Å². The summed E-state index contributed by atoms with van der Waals surface area (Å²) in [5, 5.41) is 0.850. The van der Waals surface area contributed by atoms with E-state index in [9.17, 15) is 0 Å². The van der Waals surface area contributed by atoms with Crippen molar-refractivity contribution >= 4 is 23.2 Å². The number of pyridine rings is 2. The molecule has 0 aliphatic carbocycles. The van der Waals surface area contributed by atoms with Crippen molar-refractivity contribution < 1.29 is 0 Å². The predicted molar refractivity (Wildman–Crippen MR) is 58.5 cm³/mol. The molecule has 2 nitrogen and oxygen atoms in total. The molecule has 0 N–H and O–H groups in total. The third-order valence-corrected chi connectivity index (χ3v) is 1.98. The maximum absolute atomic E-state index is 5.51. The van der Waals surface area contributed by atoms with Crippen LogP contribution < -0.4 is 0 Å². The molecule has 2 rings (SSSR count). The van der Waals surface area contributed by atoms with Crippen LogP contribution >= 0.6 is 23.2 Å². The summed E-state index contributed by atoms with van der Waals surface area (Å²) in [7, 11) is 0. The zero-order valence-electron chi connectivity index (χ0n) is 7.27. The first-order valence-corrected chi connectivity index (χ1v) is 4.67. The fourth-order valence-electron chi connectivity index (χ4n) is 0.679. The first-order chi connectivity index (χ1) is 6.80. The number of hydrogen-bond donors (Lipinski definition) is 0. The highest BCUT2D eigenvalue weighted by molar-refractivity contribution is 6.41. The maximum atomic E-state index is 5.51. The molecule has 0 unspecified atom stereocenters. The Morgan fingerprint density at radius 1 is 0.857 bits per heavy atom. The first-order valence-electron chi connectivity index (χ1n) is 3.91. The molecule has 0 aromatic carbocycles. The van der Waals surface area contributed by atoms with Crippen LogP contribution in [0.3, 0.4) is 0 Å². The summed E-state index contributed by atoms with van der Waals surface area (Å²) in [5.41, 5.74) is 0. The molecule has 72 valence electrons. The van der Waals surface area contributed by atoms with Crippen LogP contribution in [0.15, 0.2) is 48.9 Å². The molecule has 4 heteroatoms.